The summed E-state index contributed by atoms with van der Waals surface area (Å²) in [5.41, 5.74) is 10.2. The first-order valence-electron chi connectivity index (χ1n) is 12.9. The van der Waals surface area contributed by atoms with Gasteiger partial charge in [-0.05, 0) is 86.2 Å². The third kappa shape index (κ3) is 6.80. The summed E-state index contributed by atoms with van der Waals surface area (Å²) in [7, 11) is 3.70. The first kappa shape index (κ1) is 28.0. The van der Waals surface area contributed by atoms with Crippen molar-refractivity contribution in [3.8, 4) is 6.07 Å². The van der Waals surface area contributed by atoms with Crippen molar-refractivity contribution in [2.75, 3.05) is 27.2 Å². The van der Waals surface area contributed by atoms with Crippen molar-refractivity contribution >= 4 is 17.4 Å². The summed E-state index contributed by atoms with van der Waals surface area (Å²) >= 11 is 0. The van der Waals surface area contributed by atoms with Crippen LogP contribution in [-0.2, 0) is 16.1 Å². The Balaban J connectivity index is 1.76. The Morgan fingerprint density at radius 1 is 1.32 bits per heavy atom. The van der Waals surface area contributed by atoms with Gasteiger partial charge in [-0.15, -0.1) is 0 Å². The number of benzene rings is 1. The van der Waals surface area contributed by atoms with E-state index in [9.17, 15) is 14.9 Å². The third-order valence-electron chi connectivity index (χ3n) is 7.23. The number of rotatable bonds is 11. The molecule has 0 spiro atoms. The molecule has 0 radical (unpaired) electrons. The van der Waals surface area contributed by atoms with Gasteiger partial charge in [-0.1, -0.05) is 13.8 Å². The Bertz CT molecular complexity index is 1150. The molecule has 1 aromatic carbocycles. The molecule has 5 N–H and O–H groups in total. The second-order valence-corrected chi connectivity index (χ2v) is 10.4. The first-order chi connectivity index (χ1) is 17.6. The number of likely N-dealkylation sites (tertiary alicyclic amines) is 1. The fraction of sp³-hybridized carbons (Fsp3) is 0.483. The van der Waals surface area contributed by atoms with Crippen molar-refractivity contribution < 1.29 is 9.59 Å². The highest BCUT2D eigenvalue weighted by Crippen LogP contribution is 2.52. The van der Waals surface area contributed by atoms with Crippen LogP contribution in [0.3, 0.4) is 0 Å². The Labute approximate surface area is 220 Å². The van der Waals surface area contributed by atoms with Crippen LogP contribution in [0.1, 0.15) is 56.7 Å². The zero-order valence-corrected chi connectivity index (χ0v) is 22.6. The molecule has 1 aliphatic heterocycles. The lowest BCUT2D eigenvalue weighted by molar-refractivity contribution is -0.134. The number of hydrogen-bond acceptors (Lipinski definition) is 6. The minimum absolute atomic E-state index is 0.124. The molecular weight excluding hydrogens is 464 g/mol. The molecule has 0 aromatic heterocycles. The maximum Gasteiger partial charge on any atom is 0.233 e. The summed E-state index contributed by atoms with van der Waals surface area (Å²) < 4.78 is 0. The standard InChI is InChI=1S/C29H40N6O2/c1-19(10-26(11-20(2)31)35-9-8-29(3,28(35)37)25-6-7-25)27(36)34-16-22-12-21(15-30)13-23(14-22)24(17-32-4)18-33-5/h10-14,17,19,25,32-33H,6-9,16,18,31H2,1-5H3,(H,34,36)/b20-11-,24-17+,26-10+/t19?,29-/m0/s1. The summed E-state index contributed by atoms with van der Waals surface area (Å²) in [6, 6.07) is 7.82. The summed E-state index contributed by atoms with van der Waals surface area (Å²) in [5, 5.41) is 18.7. The second kappa shape index (κ2) is 12.1. The highest BCUT2D eigenvalue weighted by Gasteiger charge is 2.52. The lowest BCUT2D eigenvalue weighted by Crippen LogP contribution is -2.34. The lowest BCUT2D eigenvalue weighted by Gasteiger charge is -2.24. The van der Waals surface area contributed by atoms with Gasteiger partial charge in [-0.25, -0.2) is 0 Å². The Morgan fingerprint density at radius 2 is 2.05 bits per heavy atom. The highest BCUT2D eigenvalue weighted by molar-refractivity contribution is 5.87. The van der Waals surface area contributed by atoms with Crippen LogP contribution in [0.25, 0.3) is 5.57 Å². The molecule has 0 bridgehead atoms. The van der Waals surface area contributed by atoms with Crippen LogP contribution < -0.4 is 21.7 Å². The van der Waals surface area contributed by atoms with Gasteiger partial charge in [0.25, 0.3) is 0 Å². The molecule has 1 heterocycles. The summed E-state index contributed by atoms with van der Waals surface area (Å²) in [4.78, 5) is 28.1. The average molecular weight is 505 g/mol. The number of likely N-dealkylation sites (N-methyl/N-ethyl adjacent to an activating group) is 1. The fourth-order valence-electron chi connectivity index (χ4n) is 4.98. The fourth-order valence-corrected chi connectivity index (χ4v) is 4.98. The molecule has 1 saturated heterocycles. The second-order valence-electron chi connectivity index (χ2n) is 10.4. The predicted molar refractivity (Wildman–Crippen MR) is 146 cm³/mol. The van der Waals surface area contributed by atoms with E-state index in [0.717, 1.165) is 36.0 Å². The maximum atomic E-state index is 13.3. The third-order valence-corrected chi connectivity index (χ3v) is 7.23. The molecule has 8 nitrogen and oxygen atoms in total. The average Bonchev–Trinajstić information content (AvgIpc) is 3.68. The van der Waals surface area contributed by atoms with Crippen LogP contribution in [0, 0.1) is 28.6 Å². The summed E-state index contributed by atoms with van der Waals surface area (Å²) in [6.07, 6.45) is 8.52. The molecule has 2 atom stereocenters. The van der Waals surface area contributed by atoms with Crippen molar-refractivity contribution in [1.82, 2.24) is 20.9 Å². The predicted octanol–water partition coefficient (Wildman–Crippen LogP) is 2.99. The van der Waals surface area contributed by atoms with Crippen LogP contribution in [0.15, 0.2) is 47.9 Å². The quantitative estimate of drug-likeness (QED) is 0.344. The topological polar surface area (TPSA) is 123 Å². The van der Waals surface area contributed by atoms with Crippen molar-refractivity contribution in [3.05, 3.63) is 64.6 Å². The Kier molecular flexibility index (Phi) is 9.17. The first-order valence-corrected chi connectivity index (χ1v) is 12.9. The van der Waals surface area contributed by atoms with Gasteiger partial charge in [-0.3, -0.25) is 9.59 Å². The van der Waals surface area contributed by atoms with E-state index >= 15 is 0 Å². The van der Waals surface area contributed by atoms with Crippen LogP contribution >= 0.6 is 0 Å². The molecule has 1 saturated carbocycles. The van der Waals surface area contributed by atoms with E-state index in [1.54, 1.807) is 24.0 Å². The summed E-state index contributed by atoms with van der Waals surface area (Å²) in [5.74, 6) is -0.0593. The number of nitrogens with one attached hydrogen (secondary N) is 3. The highest BCUT2D eigenvalue weighted by atomic mass is 16.2. The van der Waals surface area contributed by atoms with Crippen LogP contribution in [0.2, 0.25) is 0 Å². The van der Waals surface area contributed by atoms with Gasteiger partial charge >= 0.3 is 0 Å². The number of nitriles is 1. The van der Waals surface area contributed by atoms with E-state index in [0.29, 0.717) is 36.0 Å². The van der Waals surface area contributed by atoms with Crippen molar-refractivity contribution in [3.63, 3.8) is 0 Å². The number of carbonyl (C=O) groups is 2. The molecule has 1 unspecified atom stereocenters. The molecule has 1 aliphatic carbocycles. The summed E-state index contributed by atoms with van der Waals surface area (Å²) in [6.45, 7) is 7.22. The monoisotopic (exact) mass is 504 g/mol. The van der Waals surface area contributed by atoms with Crippen molar-refractivity contribution in [1.29, 1.82) is 5.26 Å². The zero-order valence-electron chi connectivity index (χ0n) is 22.6. The molecule has 2 fully saturated rings. The van der Waals surface area contributed by atoms with Gasteiger partial charge in [0.1, 0.15) is 0 Å². The number of nitrogens with two attached hydrogens (primary N) is 1. The van der Waals surface area contributed by atoms with E-state index in [-0.39, 0.29) is 23.8 Å². The normalized spacial score (nSPS) is 21.6. The van der Waals surface area contributed by atoms with Gasteiger partial charge in [0, 0.05) is 44.3 Å². The van der Waals surface area contributed by atoms with E-state index in [1.165, 1.54) is 0 Å². The van der Waals surface area contributed by atoms with Crippen LogP contribution in [0.4, 0.5) is 0 Å². The van der Waals surface area contributed by atoms with E-state index < -0.39 is 5.92 Å². The van der Waals surface area contributed by atoms with Gasteiger partial charge in [-0.2, -0.15) is 5.26 Å². The van der Waals surface area contributed by atoms with Crippen LogP contribution in [-0.4, -0.2) is 43.9 Å². The molecular formula is C29H40N6O2. The zero-order chi connectivity index (χ0) is 27.2. The lowest BCUT2D eigenvalue weighted by atomic mass is 9.83. The SMILES string of the molecule is CN/C=C(\CNC)c1cc(C#N)cc(CNC(=O)C(C)/C=C(\C=C(\C)N)N2CC[C@@](C)(C3CC3)C2=O)c1. The number of carbonyl (C=O) groups excluding carboxylic acids is 2. The number of nitrogens with zero attached hydrogens (tertiary/aromatic N) is 2. The molecule has 37 heavy (non-hydrogen) atoms. The van der Waals surface area contributed by atoms with E-state index in [2.05, 4.69) is 28.9 Å². The molecule has 1 aromatic rings. The largest absolute Gasteiger partial charge is 0.402 e. The van der Waals surface area contributed by atoms with Gasteiger partial charge in [0.15, 0.2) is 0 Å². The van der Waals surface area contributed by atoms with Crippen molar-refractivity contribution in [2.24, 2.45) is 23.0 Å². The van der Waals surface area contributed by atoms with Gasteiger partial charge in [0.05, 0.1) is 23.0 Å². The Hall–Kier alpha value is -3.57. The smallest absolute Gasteiger partial charge is 0.233 e. The van der Waals surface area contributed by atoms with Crippen molar-refractivity contribution in [2.45, 2.75) is 46.6 Å². The number of amides is 2. The maximum absolute atomic E-state index is 13.3. The molecule has 198 valence electrons. The Morgan fingerprint density at radius 3 is 2.65 bits per heavy atom. The molecule has 2 aliphatic rings. The van der Waals surface area contributed by atoms with Gasteiger partial charge in [0.2, 0.25) is 11.8 Å². The number of allylic oxidation sites excluding steroid dienone is 2. The van der Waals surface area contributed by atoms with Gasteiger partial charge < -0.3 is 26.6 Å². The number of hydrogen-bond donors (Lipinski definition) is 4. The molecule has 2 amide bonds. The molecule has 3 rings (SSSR count). The minimum atomic E-state index is -0.478. The van der Waals surface area contributed by atoms with Crippen LogP contribution in [0.5, 0.6) is 0 Å². The van der Waals surface area contributed by atoms with E-state index in [4.69, 9.17) is 5.73 Å². The van der Waals surface area contributed by atoms with E-state index in [1.807, 2.05) is 45.4 Å². The minimum Gasteiger partial charge on any atom is -0.402 e. The molecule has 8 heteroatoms.